The van der Waals surface area contributed by atoms with Gasteiger partial charge in [-0.1, -0.05) is 23.2 Å². The van der Waals surface area contributed by atoms with Crippen LogP contribution in [0.15, 0.2) is 29.0 Å². The highest BCUT2D eigenvalue weighted by molar-refractivity contribution is 9.10. The molecular formula is C14H12BrCl2N3O. The average Bonchev–Trinajstić information content (AvgIpc) is 3.28. The van der Waals surface area contributed by atoms with E-state index in [0.717, 1.165) is 12.1 Å². The van der Waals surface area contributed by atoms with Crippen LogP contribution in [0.2, 0.25) is 10.0 Å². The Labute approximate surface area is 141 Å². The number of rotatable bonds is 5. The summed E-state index contributed by atoms with van der Waals surface area (Å²) in [5.74, 6) is 0.425. The fraction of sp³-hybridized carbons (Fsp3) is 0.286. The van der Waals surface area contributed by atoms with Gasteiger partial charge in [-0.2, -0.15) is 0 Å². The van der Waals surface area contributed by atoms with Gasteiger partial charge in [0.15, 0.2) is 5.75 Å². The average molecular weight is 389 g/mol. The van der Waals surface area contributed by atoms with Crippen LogP contribution in [0.25, 0.3) is 0 Å². The van der Waals surface area contributed by atoms with Crippen LogP contribution >= 0.6 is 39.1 Å². The summed E-state index contributed by atoms with van der Waals surface area (Å²) in [5.41, 5.74) is 1.02. The smallest absolute Gasteiger partial charge is 0.321 e. The molecule has 1 aromatic heterocycles. The molecule has 3 rings (SSSR count). The van der Waals surface area contributed by atoms with Gasteiger partial charge in [-0.15, -0.1) is 0 Å². The van der Waals surface area contributed by atoms with E-state index in [1.165, 1.54) is 12.8 Å². The van der Waals surface area contributed by atoms with Crippen molar-refractivity contribution < 1.29 is 4.74 Å². The minimum atomic E-state index is 0.241. The van der Waals surface area contributed by atoms with E-state index in [4.69, 9.17) is 27.9 Å². The Hall–Kier alpha value is -0.880. The predicted molar refractivity (Wildman–Crippen MR) is 86.1 cm³/mol. The van der Waals surface area contributed by atoms with E-state index in [0.29, 0.717) is 26.3 Å². The second-order valence-electron chi connectivity index (χ2n) is 4.83. The van der Waals surface area contributed by atoms with E-state index in [2.05, 4.69) is 31.2 Å². The van der Waals surface area contributed by atoms with Crippen molar-refractivity contribution in [3.8, 4) is 11.8 Å². The van der Waals surface area contributed by atoms with E-state index in [9.17, 15) is 0 Å². The summed E-state index contributed by atoms with van der Waals surface area (Å²) in [6.45, 7) is 0.774. The third-order valence-corrected chi connectivity index (χ3v) is 4.52. The van der Waals surface area contributed by atoms with Gasteiger partial charge in [-0.25, -0.2) is 9.97 Å². The molecule has 1 aromatic carbocycles. The standard InChI is InChI=1S/C14H12BrCl2N3O/c15-10-3-12(17)13(4-11(10)16)21-14-19-6-8(7-20-14)5-18-9-1-2-9/h3-4,6-7,9,18H,1-2,5H2. The van der Waals surface area contributed by atoms with Crippen molar-refractivity contribution in [2.24, 2.45) is 0 Å². The van der Waals surface area contributed by atoms with Crippen LogP contribution in [0.1, 0.15) is 18.4 Å². The molecule has 1 heterocycles. The second-order valence-corrected chi connectivity index (χ2v) is 6.50. The lowest BCUT2D eigenvalue weighted by atomic mass is 10.3. The van der Waals surface area contributed by atoms with Crippen molar-refractivity contribution in [3.05, 3.63) is 44.6 Å². The van der Waals surface area contributed by atoms with Crippen LogP contribution in [0.4, 0.5) is 0 Å². The summed E-state index contributed by atoms with van der Waals surface area (Å²) >= 11 is 15.4. The molecule has 1 N–H and O–H groups in total. The zero-order chi connectivity index (χ0) is 14.8. The zero-order valence-corrected chi connectivity index (χ0v) is 14.0. The van der Waals surface area contributed by atoms with E-state index >= 15 is 0 Å². The maximum atomic E-state index is 6.09. The van der Waals surface area contributed by atoms with Gasteiger partial charge in [0.25, 0.3) is 0 Å². The quantitative estimate of drug-likeness (QED) is 0.761. The van der Waals surface area contributed by atoms with Crippen LogP contribution in [0, 0.1) is 0 Å². The maximum Gasteiger partial charge on any atom is 0.321 e. The second kappa shape index (κ2) is 6.48. The Morgan fingerprint density at radius 3 is 2.57 bits per heavy atom. The Balaban J connectivity index is 1.68. The van der Waals surface area contributed by atoms with Crippen LogP contribution in [-0.2, 0) is 6.54 Å². The number of hydrogen-bond acceptors (Lipinski definition) is 4. The fourth-order valence-corrected chi connectivity index (χ4v) is 2.55. The first-order valence-corrected chi connectivity index (χ1v) is 8.03. The maximum absolute atomic E-state index is 6.09. The van der Waals surface area contributed by atoms with Gasteiger partial charge in [0.1, 0.15) is 0 Å². The van der Waals surface area contributed by atoms with E-state index in [-0.39, 0.29) is 6.01 Å². The molecule has 1 aliphatic carbocycles. The highest BCUT2D eigenvalue weighted by atomic mass is 79.9. The number of ether oxygens (including phenoxy) is 1. The minimum Gasteiger partial charge on any atom is -0.423 e. The van der Waals surface area contributed by atoms with Crippen molar-refractivity contribution in [2.45, 2.75) is 25.4 Å². The van der Waals surface area contributed by atoms with E-state index in [1.54, 1.807) is 24.5 Å². The molecule has 0 saturated heterocycles. The fourth-order valence-electron chi connectivity index (χ4n) is 1.72. The van der Waals surface area contributed by atoms with Crippen molar-refractivity contribution in [3.63, 3.8) is 0 Å². The Bertz CT molecular complexity index is 647. The first kappa shape index (κ1) is 15.0. The largest absolute Gasteiger partial charge is 0.423 e. The lowest BCUT2D eigenvalue weighted by molar-refractivity contribution is 0.441. The normalized spacial score (nSPS) is 14.2. The summed E-state index contributed by atoms with van der Waals surface area (Å²) in [6.07, 6.45) is 5.99. The Morgan fingerprint density at radius 1 is 1.19 bits per heavy atom. The summed E-state index contributed by atoms with van der Waals surface area (Å²) in [7, 11) is 0. The summed E-state index contributed by atoms with van der Waals surface area (Å²) < 4.78 is 6.27. The molecule has 0 spiro atoms. The third kappa shape index (κ3) is 4.07. The molecule has 1 fully saturated rings. The van der Waals surface area contributed by atoms with Gasteiger partial charge in [-0.05, 0) is 34.8 Å². The molecule has 0 bridgehead atoms. The van der Waals surface area contributed by atoms with Gasteiger partial charge in [0.05, 0.1) is 10.0 Å². The summed E-state index contributed by atoms with van der Waals surface area (Å²) in [6, 6.07) is 4.20. The first-order chi connectivity index (χ1) is 10.1. The van der Waals surface area contributed by atoms with Crippen molar-refractivity contribution in [1.29, 1.82) is 0 Å². The molecule has 21 heavy (non-hydrogen) atoms. The molecule has 0 aliphatic heterocycles. The molecular weight excluding hydrogens is 377 g/mol. The number of benzene rings is 1. The molecule has 0 atom stereocenters. The monoisotopic (exact) mass is 387 g/mol. The van der Waals surface area contributed by atoms with Crippen molar-refractivity contribution in [2.75, 3.05) is 0 Å². The van der Waals surface area contributed by atoms with Crippen molar-refractivity contribution >= 4 is 39.1 Å². The van der Waals surface area contributed by atoms with Crippen LogP contribution in [0.5, 0.6) is 11.8 Å². The molecule has 4 nitrogen and oxygen atoms in total. The number of hydrogen-bond donors (Lipinski definition) is 1. The molecule has 110 valence electrons. The summed E-state index contributed by atoms with van der Waals surface area (Å²) in [5, 5.41) is 4.35. The Kier molecular flexibility index (Phi) is 4.64. The van der Waals surface area contributed by atoms with Crippen LogP contribution < -0.4 is 10.1 Å². The third-order valence-electron chi connectivity index (χ3n) is 3.03. The molecule has 0 unspecified atom stereocenters. The Morgan fingerprint density at radius 2 is 1.90 bits per heavy atom. The van der Waals surface area contributed by atoms with Crippen LogP contribution in [-0.4, -0.2) is 16.0 Å². The van der Waals surface area contributed by atoms with Gasteiger partial charge in [0.2, 0.25) is 0 Å². The van der Waals surface area contributed by atoms with Crippen LogP contribution in [0.3, 0.4) is 0 Å². The van der Waals surface area contributed by atoms with Gasteiger partial charge < -0.3 is 10.1 Å². The molecule has 1 aliphatic rings. The molecule has 2 aromatic rings. The predicted octanol–water partition coefficient (Wildman–Crippen LogP) is 4.59. The van der Waals surface area contributed by atoms with E-state index in [1.807, 2.05) is 0 Å². The number of halogens is 3. The topological polar surface area (TPSA) is 47.0 Å². The highest BCUT2D eigenvalue weighted by Gasteiger charge is 2.20. The molecule has 7 heteroatoms. The highest BCUT2D eigenvalue weighted by Crippen LogP contribution is 2.35. The lowest BCUT2D eigenvalue weighted by Crippen LogP contribution is -2.15. The lowest BCUT2D eigenvalue weighted by Gasteiger charge is -2.08. The molecule has 0 radical (unpaired) electrons. The minimum absolute atomic E-state index is 0.241. The molecule has 0 amide bonds. The number of nitrogens with one attached hydrogen (secondary N) is 1. The van der Waals surface area contributed by atoms with Gasteiger partial charge in [0, 0.05) is 41.1 Å². The van der Waals surface area contributed by atoms with Crippen molar-refractivity contribution in [1.82, 2.24) is 15.3 Å². The number of nitrogens with zero attached hydrogens (tertiary/aromatic N) is 2. The van der Waals surface area contributed by atoms with E-state index < -0.39 is 0 Å². The first-order valence-electron chi connectivity index (χ1n) is 6.48. The van der Waals surface area contributed by atoms with Gasteiger partial charge in [-0.3, -0.25) is 0 Å². The zero-order valence-electron chi connectivity index (χ0n) is 10.9. The number of aromatic nitrogens is 2. The van der Waals surface area contributed by atoms with Gasteiger partial charge >= 0.3 is 6.01 Å². The summed E-state index contributed by atoms with van der Waals surface area (Å²) in [4.78, 5) is 8.36. The SMILES string of the molecule is Clc1cc(Oc2ncc(CNC3CC3)cn2)c(Cl)cc1Br. The molecule has 1 saturated carbocycles.